The average Bonchev–Trinajstić information content (AvgIpc) is 3.16. The van der Waals surface area contributed by atoms with E-state index in [1.807, 2.05) is 26.0 Å². The van der Waals surface area contributed by atoms with Gasteiger partial charge in [0.15, 0.2) is 0 Å². The molecule has 30 heavy (non-hydrogen) atoms. The molecule has 1 heterocycles. The Hall–Kier alpha value is -3.35. The summed E-state index contributed by atoms with van der Waals surface area (Å²) >= 11 is 0. The Balaban J connectivity index is 1.91. The first-order valence-corrected chi connectivity index (χ1v) is 9.92. The normalized spacial score (nSPS) is 12.1. The number of anilines is 1. The number of benzene rings is 1. The van der Waals surface area contributed by atoms with Crippen LogP contribution >= 0.6 is 0 Å². The molecule has 0 saturated heterocycles. The molecule has 0 spiro atoms. The van der Waals surface area contributed by atoms with Gasteiger partial charge in [-0.25, -0.2) is 0 Å². The summed E-state index contributed by atoms with van der Waals surface area (Å²) in [5.74, 6) is 0.955. The number of carbonyl (C=O) groups excluding carboxylic acids is 1. The Bertz CT molecular complexity index is 1140. The summed E-state index contributed by atoms with van der Waals surface area (Å²) in [7, 11) is 3.19. The van der Waals surface area contributed by atoms with E-state index in [9.17, 15) is 19.5 Å². The van der Waals surface area contributed by atoms with Crippen LogP contribution in [0.3, 0.4) is 0 Å². The molecule has 0 radical (unpaired) electrons. The first kappa shape index (κ1) is 21.4. The van der Waals surface area contributed by atoms with Crippen molar-refractivity contribution in [1.29, 1.82) is 0 Å². The first-order valence-electron chi connectivity index (χ1n) is 9.92. The zero-order valence-electron chi connectivity index (χ0n) is 17.6. The Morgan fingerprint density at radius 3 is 2.50 bits per heavy atom. The second-order valence-electron chi connectivity index (χ2n) is 7.64. The molecule has 1 atom stereocenters. The van der Waals surface area contributed by atoms with Crippen LogP contribution in [0.15, 0.2) is 44.3 Å². The van der Waals surface area contributed by atoms with Gasteiger partial charge in [-0.2, -0.15) is 0 Å². The maximum absolute atomic E-state index is 12.3. The molecule has 2 aromatic carbocycles. The van der Waals surface area contributed by atoms with Gasteiger partial charge >= 0.3 is 0 Å². The van der Waals surface area contributed by atoms with Crippen molar-refractivity contribution in [3.8, 4) is 5.75 Å². The van der Waals surface area contributed by atoms with Crippen molar-refractivity contribution in [2.45, 2.75) is 39.2 Å². The summed E-state index contributed by atoms with van der Waals surface area (Å²) in [5, 5.41) is 13.7. The number of aryl methyl sites for hydroxylation is 1. The molecule has 0 fully saturated rings. The molecule has 0 aliphatic heterocycles. The van der Waals surface area contributed by atoms with Gasteiger partial charge < -0.3 is 19.7 Å². The number of hydrogen-bond donors (Lipinski definition) is 2. The molecule has 0 unspecified atom stereocenters. The minimum atomic E-state index is -0.577. The van der Waals surface area contributed by atoms with E-state index in [4.69, 9.17) is 4.42 Å². The van der Waals surface area contributed by atoms with Gasteiger partial charge in [-0.3, -0.25) is 14.4 Å². The van der Waals surface area contributed by atoms with Crippen LogP contribution < -0.4 is 16.2 Å². The molecule has 0 aliphatic rings. The van der Waals surface area contributed by atoms with Crippen molar-refractivity contribution in [3.05, 3.63) is 79.0 Å². The van der Waals surface area contributed by atoms with Crippen LogP contribution in [0.4, 0.5) is 5.69 Å². The summed E-state index contributed by atoms with van der Waals surface area (Å²) in [4.78, 5) is 38.1. The van der Waals surface area contributed by atoms with Gasteiger partial charge in [-0.1, -0.05) is 25.5 Å². The standard InChI is InChI=1S/C23H26N2O5/c1-5-7-17(18-11-10-13(2)30-18)24-19-16(21(27)22(19)28)12-14-8-6-9-15(20(14)26)23(29)25(3)4/h6,8-11,17,24,26H,5,7,12H2,1-4H3/t17-/m1/s1. The average molecular weight is 410 g/mol. The zero-order valence-corrected chi connectivity index (χ0v) is 17.6. The second kappa shape index (κ2) is 8.57. The van der Waals surface area contributed by atoms with Crippen molar-refractivity contribution >= 4 is 11.6 Å². The van der Waals surface area contributed by atoms with Gasteiger partial charge in [0, 0.05) is 26.1 Å². The molecule has 7 nitrogen and oxygen atoms in total. The molecule has 158 valence electrons. The molecule has 3 rings (SSSR count). The highest BCUT2D eigenvalue weighted by Crippen LogP contribution is 2.29. The largest absolute Gasteiger partial charge is 0.507 e. The van der Waals surface area contributed by atoms with Crippen molar-refractivity contribution < 1.29 is 14.3 Å². The number of rotatable bonds is 8. The molecule has 2 N–H and O–H groups in total. The smallest absolute Gasteiger partial charge is 0.257 e. The second-order valence-corrected chi connectivity index (χ2v) is 7.64. The minimum Gasteiger partial charge on any atom is -0.507 e. The van der Waals surface area contributed by atoms with Crippen molar-refractivity contribution in [2.24, 2.45) is 0 Å². The number of amides is 1. The monoisotopic (exact) mass is 410 g/mol. The molecule has 0 aliphatic carbocycles. The fraction of sp³-hybridized carbons (Fsp3) is 0.348. The van der Waals surface area contributed by atoms with Crippen LogP contribution in [0.2, 0.25) is 0 Å². The van der Waals surface area contributed by atoms with E-state index in [-0.39, 0.29) is 35.4 Å². The molecule has 0 bridgehead atoms. The van der Waals surface area contributed by atoms with Gasteiger partial charge in [0.2, 0.25) is 10.9 Å². The topological polar surface area (TPSA) is 99.9 Å². The number of nitrogens with one attached hydrogen (secondary N) is 1. The predicted molar refractivity (Wildman–Crippen MR) is 115 cm³/mol. The predicted octanol–water partition coefficient (Wildman–Crippen LogP) is 3.14. The number of furan rings is 1. The van der Waals surface area contributed by atoms with Gasteiger partial charge in [-0.15, -0.1) is 0 Å². The highest BCUT2D eigenvalue weighted by Gasteiger charge is 2.26. The van der Waals surface area contributed by atoms with Crippen LogP contribution in [-0.4, -0.2) is 30.0 Å². The number of nitrogens with zero attached hydrogens (tertiary/aromatic N) is 1. The SMILES string of the molecule is CCC[C@@H](Nc1c(Cc2cccc(C(=O)N(C)C)c2O)c(=O)c1=O)c1ccc(C)o1. The van der Waals surface area contributed by atoms with E-state index in [2.05, 4.69) is 5.32 Å². The van der Waals surface area contributed by atoms with E-state index in [0.717, 1.165) is 18.6 Å². The number of hydrogen-bond acceptors (Lipinski definition) is 6. The van der Waals surface area contributed by atoms with Crippen LogP contribution in [0.1, 0.15) is 58.8 Å². The molecule has 3 aromatic rings. The highest BCUT2D eigenvalue weighted by molar-refractivity contribution is 5.97. The van der Waals surface area contributed by atoms with Crippen molar-refractivity contribution in [2.75, 3.05) is 19.4 Å². The quantitative estimate of drug-likeness (QED) is 0.554. The maximum atomic E-state index is 12.3. The van der Waals surface area contributed by atoms with E-state index in [1.165, 1.54) is 11.0 Å². The van der Waals surface area contributed by atoms with Gasteiger partial charge in [-0.05, 0) is 37.1 Å². The van der Waals surface area contributed by atoms with E-state index >= 15 is 0 Å². The number of phenolic OH excluding ortho intramolecular Hbond substituents is 1. The lowest BCUT2D eigenvalue weighted by Gasteiger charge is -2.21. The van der Waals surface area contributed by atoms with Crippen molar-refractivity contribution in [3.63, 3.8) is 0 Å². The summed E-state index contributed by atoms with van der Waals surface area (Å²) in [6.07, 6.45) is 1.64. The number of aromatic hydroxyl groups is 1. The summed E-state index contributed by atoms with van der Waals surface area (Å²) in [6, 6.07) is 8.29. The minimum absolute atomic E-state index is 0.0588. The molecule has 0 saturated carbocycles. The lowest BCUT2D eigenvalue weighted by molar-refractivity contribution is 0.0824. The first-order chi connectivity index (χ1) is 14.2. The van der Waals surface area contributed by atoms with E-state index in [0.29, 0.717) is 16.9 Å². The van der Waals surface area contributed by atoms with E-state index < -0.39 is 10.9 Å². The summed E-state index contributed by atoms with van der Waals surface area (Å²) in [5.41, 5.74) is -0.0359. The Labute approximate surface area is 174 Å². The van der Waals surface area contributed by atoms with Crippen LogP contribution in [-0.2, 0) is 6.42 Å². The maximum Gasteiger partial charge on any atom is 0.257 e. The van der Waals surface area contributed by atoms with E-state index in [1.54, 1.807) is 26.2 Å². The fourth-order valence-electron chi connectivity index (χ4n) is 3.49. The Morgan fingerprint density at radius 1 is 1.17 bits per heavy atom. The zero-order chi connectivity index (χ0) is 22.0. The highest BCUT2D eigenvalue weighted by atomic mass is 16.3. The summed E-state index contributed by atoms with van der Waals surface area (Å²) in [6.45, 7) is 3.87. The van der Waals surface area contributed by atoms with Crippen LogP contribution in [0.25, 0.3) is 0 Å². The van der Waals surface area contributed by atoms with Crippen LogP contribution in [0.5, 0.6) is 5.75 Å². The number of para-hydroxylation sites is 1. The molecule has 1 amide bonds. The third-order valence-electron chi connectivity index (χ3n) is 5.13. The van der Waals surface area contributed by atoms with Gasteiger partial charge in [0.1, 0.15) is 17.3 Å². The summed E-state index contributed by atoms with van der Waals surface area (Å²) < 4.78 is 5.70. The third kappa shape index (κ3) is 4.01. The Kier molecular flexibility index (Phi) is 6.10. The van der Waals surface area contributed by atoms with Crippen LogP contribution in [0, 0.1) is 6.92 Å². The Morgan fingerprint density at radius 2 is 1.90 bits per heavy atom. The molecular formula is C23H26N2O5. The lowest BCUT2D eigenvalue weighted by atomic mass is 9.95. The molecular weight excluding hydrogens is 384 g/mol. The number of phenols is 1. The van der Waals surface area contributed by atoms with Crippen molar-refractivity contribution in [1.82, 2.24) is 4.90 Å². The third-order valence-corrected chi connectivity index (χ3v) is 5.13. The number of carbonyl (C=O) groups is 1. The molecule has 1 aromatic heterocycles. The lowest BCUT2D eigenvalue weighted by Crippen LogP contribution is -2.39. The fourth-order valence-corrected chi connectivity index (χ4v) is 3.49. The van der Waals surface area contributed by atoms with Gasteiger partial charge in [0.05, 0.1) is 17.3 Å². The molecule has 7 heteroatoms. The van der Waals surface area contributed by atoms with Gasteiger partial charge in [0.25, 0.3) is 5.91 Å².